The highest BCUT2D eigenvalue weighted by Crippen LogP contribution is 2.12. The summed E-state index contributed by atoms with van der Waals surface area (Å²) in [5.41, 5.74) is -0.486. The lowest BCUT2D eigenvalue weighted by Gasteiger charge is -2.25. The van der Waals surface area contributed by atoms with Gasteiger partial charge in [-0.25, -0.2) is 9.67 Å². The van der Waals surface area contributed by atoms with Crippen LogP contribution in [-0.4, -0.2) is 51.9 Å². The van der Waals surface area contributed by atoms with Crippen LogP contribution in [0.1, 0.15) is 38.8 Å². The van der Waals surface area contributed by atoms with Gasteiger partial charge in [-0.2, -0.15) is 5.10 Å². The molecule has 2 heterocycles. The largest absolute Gasteiger partial charge is 0.459 e. The highest BCUT2D eigenvalue weighted by atomic mass is 16.6. The molecule has 128 valence electrons. The first-order chi connectivity index (χ1) is 10.8. The SMILES string of the molecule is CN=C(NCC(=O)OC(C)(C)C)NC1CCc2nc(C)nn2C1. The Morgan fingerprint density at radius 2 is 2.22 bits per heavy atom. The molecule has 0 spiro atoms. The number of aliphatic imine (C=N–C) groups is 1. The van der Waals surface area contributed by atoms with Crippen LogP contribution in [0.25, 0.3) is 0 Å². The number of esters is 1. The minimum absolute atomic E-state index is 0.0807. The summed E-state index contributed by atoms with van der Waals surface area (Å²) in [6, 6.07) is 0.202. The van der Waals surface area contributed by atoms with E-state index in [1.807, 2.05) is 32.4 Å². The fourth-order valence-electron chi connectivity index (χ4n) is 2.47. The molecule has 0 saturated carbocycles. The number of hydrogen-bond donors (Lipinski definition) is 2. The van der Waals surface area contributed by atoms with Crippen LogP contribution in [0.3, 0.4) is 0 Å². The number of carbonyl (C=O) groups excluding carboxylic acids is 1. The fourth-order valence-corrected chi connectivity index (χ4v) is 2.47. The number of hydrogen-bond acceptors (Lipinski definition) is 5. The molecule has 0 radical (unpaired) electrons. The predicted octanol–water partition coefficient (Wildman–Crippen LogP) is 0.408. The molecule has 2 rings (SSSR count). The summed E-state index contributed by atoms with van der Waals surface area (Å²) in [6.07, 6.45) is 1.83. The first kappa shape index (κ1) is 17.2. The van der Waals surface area contributed by atoms with Gasteiger partial charge in [0, 0.05) is 19.5 Å². The summed E-state index contributed by atoms with van der Waals surface area (Å²) in [5.74, 6) is 2.10. The van der Waals surface area contributed by atoms with Crippen molar-refractivity contribution in [1.82, 2.24) is 25.4 Å². The molecule has 0 bridgehead atoms. The smallest absolute Gasteiger partial charge is 0.325 e. The summed E-state index contributed by atoms with van der Waals surface area (Å²) >= 11 is 0. The maximum absolute atomic E-state index is 11.7. The standard InChI is InChI=1S/C15H26N6O2/c1-10-18-12-7-6-11(9-21(12)20-10)19-14(16-5)17-8-13(22)23-15(2,3)4/h11H,6-9H2,1-5H3,(H2,16,17,19). The molecule has 8 nitrogen and oxygen atoms in total. The number of rotatable bonds is 3. The maximum Gasteiger partial charge on any atom is 0.325 e. The van der Waals surface area contributed by atoms with Gasteiger partial charge in [-0.1, -0.05) is 0 Å². The van der Waals surface area contributed by atoms with Gasteiger partial charge in [-0.05, 0) is 34.1 Å². The zero-order valence-electron chi connectivity index (χ0n) is 14.5. The minimum Gasteiger partial charge on any atom is -0.459 e. The Kier molecular flexibility index (Phi) is 5.23. The molecular formula is C15H26N6O2. The second kappa shape index (κ2) is 6.97. The van der Waals surface area contributed by atoms with Gasteiger partial charge in [-0.15, -0.1) is 0 Å². The van der Waals surface area contributed by atoms with E-state index in [0.717, 1.165) is 31.0 Å². The Hall–Kier alpha value is -2.12. The molecular weight excluding hydrogens is 296 g/mol. The van der Waals surface area contributed by atoms with Crippen LogP contribution < -0.4 is 10.6 Å². The molecule has 0 amide bonds. The van der Waals surface area contributed by atoms with Gasteiger partial charge < -0.3 is 15.4 Å². The maximum atomic E-state index is 11.7. The molecule has 1 aliphatic rings. The number of fused-ring (bicyclic) bond motifs is 1. The van der Waals surface area contributed by atoms with Crippen molar-refractivity contribution < 1.29 is 9.53 Å². The molecule has 0 aromatic carbocycles. The van der Waals surface area contributed by atoms with Crippen molar-refractivity contribution in [1.29, 1.82) is 0 Å². The van der Waals surface area contributed by atoms with Crippen molar-refractivity contribution in [3.63, 3.8) is 0 Å². The molecule has 1 aromatic rings. The molecule has 2 N–H and O–H groups in total. The van der Waals surface area contributed by atoms with Gasteiger partial charge in [-0.3, -0.25) is 9.79 Å². The van der Waals surface area contributed by atoms with Crippen LogP contribution in [0.4, 0.5) is 0 Å². The number of carbonyl (C=O) groups is 1. The van der Waals surface area contributed by atoms with E-state index in [0.29, 0.717) is 5.96 Å². The van der Waals surface area contributed by atoms with Gasteiger partial charge in [0.05, 0.1) is 6.54 Å². The van der Waals surface area contributed by atoms with Crippen molar-refractivity contribution in [2.75, 3.05) is 13.6 Å². The van der Waals surface area contributed by atoms with Crippen LogP contribution in [0.5, 0.6) is 0 Å². The fraction of sp³-hybridized carbons (Fsp3) is 0.733. The van der Waals surface area contributed by atoms with E-state index >= 15 is 0 Å². The Morgan fingerprint density at radius 1 is 1.48 bits per heavy atom. The predicted molar refractivity (Wildman–Crippen MR) is 87.2 cm³/mol. The summed E-state index contributed by atoms with van der Waals surface area (Å²) in [7, 11) is 1.68. The third-order valence-electron chi connectivity index (χ3n) is 3.35. The molecule has 1 aliphatic heterocycles. The van der Waals surface area contributed by atoms with Crippen molar-refractivity contribution in [2.45, 2.75) is 58.7 Å². The lowest BCUT2D eigenvalue weighted by molar-refractivity contribution is -0.153. The third-order valence-corrected chi connectivity index (χ3v) is 3.35. The molecule has 8 heteroatoms. The Balaban J connectivity index is 1.83. The summed E-state index contributed by atoms with van der Waals surface area (Å²) < 4.78 is 7.19. The van der Waals surface area contributed by atoms with E-state index in [1.165, 1.54) is 0 Å². The van der Waals surface area contributed by atoms with E-state index in [4.69, 9.17) is 4.74 Å². The average molecular weight is 322 g/mol. The number of guanidine groups is 1. The van der Waals surface area contributed by atoms with Gasteiger partial charge in [0.25, 0.3) is 0 Å². The zero-order valence-corrected chi connectivity index (χ0v) is 14.5. The van der Waals surface area contributed by atoms with Crippen LogP contribution in [0.15, 0.2) is 4.99 Å². The van der Waals surface area contributed by atoms with Crippen molar-refractivity contribution in [3.05, 3.63) is 11.6 Å². The highest BCUT2D eigenvalue weighted by molar-refractivity contribution is 5.84. The normalized spacial score (nSPS) is 18.3. The van der Waals surface area contributed by atoms with Gasteiger partial charge >= 0.3 is 5.97 Å². The quantitative estimate of drug-likeness (QED) is 0.475. The van der Waals surface area contributed by atoms with Crippen LogP contribution in [0, 0.1) is 6.92 Å². The van der Waals surface area contributed by atoms with Gasteiger partial charge in [0.1, 0.15) is 23.8 Å². The van der Waals surface area contributed by atoms with Crippen LogP contribution in [0.2, 0.25) is 0 Å². The number of ether oxygens (including phenoxy) is 1. The Morgan fingerprint density at radius 3 is 2.87 bits per heavy atom. The monoisotopic (exact) mass is 322 g/mol. The molecule has 1 unspecified atom stereocenters. The molecule has 23 heavy (non-hydrogen) atoms. The Labute approximate surface area is 136 Å². The van der Waals surface area contributed by atoms with E-state index in [2.05, 4.69) is 25.7 Å². The topological polar surface area (TPSA) is 93.4 Å². The summed E-state index contributed by atoms with van der Waals surface area (Å²) in [4.78, 5) is 20.3. The van der Waals surface area contributed by atoms with E-state index in [1.54, 1.807) is 7.05 Å². The van der Waals surface area contributed by atoms with E-state index in [-0.39, 0.29) is 18.6 Å². The first-order valence-corrected chi connectivity index (χ1v) is 7.86. The van der Waals surface area contributed by atoms with E-state index in [9.17, 15) is 4.79 Å². The lowest BCUT2D eigenvalue weighted by Crippen LogP contribution is -2.48. The number of aryl methyl sites for hydroxylation is 2. The van der Waals surface area contributed by atoms with Gasteiger partial charge in [0.15, 0.2) is 5.96 Å². The second-order valence-corrected chi connectivity index (χ2v) is 6.65. The first-order valence-electron chi connectivity index (χ1n) is 7.86. The lowest BCUT2D eigenvalue weighted by atomic mass is 10.1. The number of nitrogens with one attached hydrogen (secondary N) is 2. The molecule has 1 atom stereocenters. The number of aromatic nitrogens is 3. The van der Waals surface area contributed by atoms with Crippen molar-refractivity contribution in [3.8, 4) is 0 Å². The summed E-state index contributed by atoms with van der Waals surface area (Å²) in [5, 5.41) is 10.7. The van der Waals surface area contributed by atoms with Crippen LogP contribution >= 0.6 is 0 Å². The average Bonchev–Trinajstić information content (AvgIpc) is 2.80. The molecule has 1 aromatic heterocycles. The zero-order chi connectivity index (χ0) is 17.0. The third kappa shape index (κ3) is 5.22. The van der Waals surface area contributed by atoms with Crippen LogP contribution in [-0.2, 0) is 22.5 Å². The Bertz CT molecular complexity index is 587. The second-order valence-electron chi connectivity index (χ2n) is 6.65. The van der Waals surface area contributed by atoms with Crippen molar-refractivity contribution >= 4 is 11.9 Å². The van der Waals surface area contributed by atoms with E-state index < -0.39 is 5.60 Å². The molecule has 0 aliphatic carbocycles. The summed E-state index contributed by atoms with van der Waals surface area (Å²) in [6.45, 7) is 8.25. The van der Waals surface area contributed by atoms with Gasteiger partial charge in [0.2, 0.25) is 0 Å². The molecule has 0 saturated heterocycles. The number of nitrogens with zero attached hydrogens (tertiary/aromatic N) is 4. The minimum atomic E-state index is -0.486. The molecule has 0 fully saturated rings. The van der Waals surface area contributed by atoms with Crippen molar-refractivity contribution in [2.24, 2.45) is 4.99 Å². The highest BCUT2D eigenvalue weighted by Gasteiger charge is 2.22.